The number of carbonyl (C=O) groups excluding carboxylic acids is 1. The zero-order valence-corrected chi connectivity index (χ0v) is 9.48. The second kappa shape index (κ2) is 8.42. The van der Waals surface area contributed by atoms with Gasteiger partial charge in [-0.25, -0.2) is 0 Å². The van der Waals surface area contributed by atoms with Crippen molar-refractivity contribution in [3.63, 3.8) is 0 Å². The number of hydrogen-bond donors (Lipinski definition) is 1. The average Bonchev–Trinajstić information content (AvgIpc) is 2.14. The summed E-state index contributed by atoms with van der Waals surface area (Å²) in [6, 6.07) is 0. The molecule has 2 nitrogen and oxygen atoms in total. The van der Waals surface area contributed by atoms with Crippen molar-refractivity contribution in [1.29, 1.82) is 0 Å². The predicted molar refractivity (Wildman–Crippen MR) is 58.1 cm³/mol. The van der Waals surface area contributed by atoms with E-state index in [0.717, 1.165) is 6.42 Å². The fourth-order valence-electron chi connectivity index (χ4n) is 1.12. The molecule has 0 rings (SSSR count). The highest BCUT2D eigenvalue weighted by Crippen LogP contribution is 2.11. The minimum absolute atomic E-state index is 0.184. The summed E-state index contributed by atoms with van der Waals surface area (Å²) in [5, 5.41) is 0. The van der Waals surface area contributed by atoms with Crippen LogP contribution in [0.2, 0.25) is 0 Å². The van der Waals surface area contributed by atoms with E-state index >= 15 is 0 Å². The molecule has 0 bridgehead atoms. The third kappa shape index (κ3) is 8.16. The first-order valence-corrected chi connectivity index (χ1v) is 5.60. The fraction of sp³-hybridized carbons (Fsp3) is 0.900. The van der Waals surface area contributed by atoms with Crippen molar-refractivity contribution in [2.24, 2.45) is 5.92 Å². The van der Waals surface area contributed by atoms with Crippen LogP contribution in [-0.2, 0) is 9.53 Å². The van der Waals surface area contributed by atoms with Gasteiger partial charge < -0.3 is 4.74 Å². The van der Waals surface area contributed by atoms with E-state index in [4.69, 9.17) is 4.74 Å². The summed E-state index contributed by atoms with van der Waals surface area (Å²) in [6.07, 6.45) is 4.71. The number of unbranched alkanes of at least 4 members (excludes halogenated alkanes) is 1. The van der Waals surface area contributed by atoms with Crippen molar-refractivity contribution in [2.45, 2.75) is 39.5 Å². The highest BCUT2D eigenvalue weighted by Gasteiger charge is 2.03. The van der Waals surface area contributed by atoms with Gasteiger partial charge in [-0.05, 0) is 12.3 Å². The minimum atomic E-state index is -0.217. The molecule has 0 aromatic heterocycles. The first kappa shape index (κ1) is 12.8. The van der Waals surface area contributed by atoms with Crippen molar-refractivity contribution in [2.75, 3.05) is 12.4 Å². The molecular weight excluding hydrogens is 184 g/mol. The number of thiol groups is 1. The zero-order valence-electron chi connectivity index (χ0n) is 8.58. The van der Waals surface area contributed by atoms with Gasteiger partial charge in [-0.3, -0.25) is 4.79 Å². The van der Waals surface area contributed by atoms with Crippen molar-refractivity contribution >= 4 is 18.6 Å². The summed E-state index contributed by atoms with van der Waals surface area (Å²) >= 11 is 3.82. The third-order valence-corrected chi connectivity index (χ3v) is 2.31. The van der Waals surface area contributed by atoms with Crippen LogP contribution in [-0.4, -0.2) is 18.3 Å². The van der Waals surface area contributed by atoms with Crippen LogP contribution in [0.25, 0.3) is 0 Å². The molecule has 0 N–H and O–H groups in total. The van der Waals surface area contributed by atoms with E-state index in [1.54, 1.807) is 0 Å². The number of rotatable bonds is 7. The molecule has 0 heterocycles. The molecule has 0 saturated carbocycles. The Morgan fingerprint density at radius 2 is 2.15 bits per heavy atom. The Hall–Kier alpha value is -0.180. The van der Waals surface area contributed by atoms with E-state index < -0.39 is 0 Å². The summed E-state index contributed by atoms with van der Waals surface area (Å²) < 4.78 is 4.93. The zero-order chi connectivity index (χ0) is 10.1. The molecule has 1 unspecified atom stereocenters. The summed E-state index contributed by atoms with van der Waals surface area (Å²) in [4.78, 5) is 10.7. The Bertz CT molecular complexity index is 137. The Kier molecular flexibility index (Phi) is 8.30. The number of esters is 1. The quantitative estimate of drug-likeness (QED) is 0.510. The third-order valence-electron chi connectivity index (χ3n) is 2.05. The van der Waals surface area contributed by atoms with Crippen LogP contribution in [0.3, 0.4) is 0 Å². The van der Waals surface area contributed by atoms with Gasteiger partial charge in [0.25, 0.3) is 0 Å². The molecule has 0 saturated heterocycles. The topological polar surface area (TPSA) is 26.3 Å². The Labute approximate surface area is 86.5 Å². The monoisotopic (exact) mass is 204 g/mol. The predicted octanol–water partition coefficient (Wildman–Crippen LogP) is 2.68. The molecular formula is C10H20O2S. The molecule has 78 valence electrons. The fourth-order valence-corrected chi connectivity index (χ4v) is 1.21. The maximum absolute atomic E-state index is 10.7. The van der Waals surface area contributed by atoms with E-state index in [1.165, 1.54) is 19.3 Å². The Morgan fingerprint density at radius 3 is 2.69 bits per heavy atom. The van der Waals surface area contributed by atoms with E-state index in [1.807, 2.05) is 0 Å². The smallest absolute Gasteiger partial charge is 0.315 e. The van der Waals surface area contributed by atoms with Crippen LogP contribution in [0.15, 0.2) is 0 Å². The van der Waals surface area contributed by atoms with Crippen LogP contribution in [0.5, 0.6) is 0 Å². The highest BCUT2D eigenvalue weighted by molar-refractivity contribution is 7.81. The lowest BCUT2D eigenvalue weighted by atomic mass is 10.0. The highest BCUT2D eigenvalue weighted by atomic mass is 32.1. The standard InChI is InChI=1S/C10H20O2S/c1-3-4-5-9(2)6-7-12-10(11)8-13/h9,13H,3-8H2,1-2H3. The van der Waals surface area contributed by atoms with Crippen molar-refractivity contribution in [3.8, 4) is 0 Å². The average molecular weight is 204 g/mol. The first-order chi connectivity index (χ1) is 6.20. The molecule has 13 heavy (non-hydrogen) atoms. The van der Waals surface area contributed by atoms with Crippen molar-refractivity contribution in [3.05, 3.63) is 0 Å². The Balaban J connectivity index is 3.26. The van der Waals surface area contributed by atoms with Crippen LogP contribution in [0, 0.1) is 5.92 Å². The van der Waals surface area contributed by atoms with Gasteiger partial charge in [0.15, 0.2) is 0 Å². The van der Waals surface area contributed by atoms with Gasteiger partial charge in [-0.2, -0.15) is 12.6 Å². The molecule has 0 aliphatic carbocycles. The summed E-state index contributed by atoms with van der Waals surface area (Å²) in [5.74, 6) is 0.627. The van der Waals surface area contributed by atoms with E-state index in [9.17, 15) is 4.79 Å². The van der Waals surface area contributed by atoms with Crippen LogP contribution >= 0.6 is 12.6 Å². The molecule has 0 radical (unpaired) electrons. The molecule has 0 aliphatic heterocycles. The van der Waals surface area contributed by atoms with Gasteiger partial charge >= 0.3 is 5.97 Å². The summed E-state index contributed by atoms with van der Waals surface area (Å²) in [6.45, 7) is 4.93. The first-order valence-electron chi connectivity index (χ1n) is 4.97. The second-order valence-corrected chi connectivity index (χ2v) is 3.73. The number of hydrogen-bond acceptors (Lipinski definition) is 3. The van der Waals surface area contributed by atoms with Crippen molar-refractivity contribution in [1.82, 2.24) is 0 Å². The van der Waals surface area contributed by atoms with Gasteiger partial charge in [0, 0.05) is 0 Å². The minimum Gasteiger partial charge on any atom is -0.465 e. The Morgan fingerprint density at radius 1 is 1.46 bits per heavy atom. The molecule has 0 fully saturated rings. The van der Waals surface area contributed by atoms with Gasteiger partial charge in [0.05, 0.1) is 12.4 Å². The SMILES string of the molecule is CCCCC(C)CCOC(=O)CS. The van der Waals surface area contributed by atoms with Gasteiger partial charge in [-0.15, -0.1) is 0 Å². The van der Waals surface area contributed by atoms with E-state index in [2.05, 4.69) is 26.5 Å². The van der Waals surface area contributed by atoms with Gasteiger partial charge in [0.2, 0.25) is 0 Å². The van der Waals surface area contributed by atoms with E-state index in [-0.39, 0.29) is 11.7 Å². The van der Waals surface area contributed by atoms with Crippen LogP contribution < -0.4 is 0 Å². The van der Waals surface area contributed by atoms with Crippen molar-refractivity contribution < 1.29 is 9.53 Å². The van der Waals surface area contributed by atoms with E-state index in [0.29, 0.717) is 12.5 Å². The maximum Gasteiger partial charge on any atom is 0.315 e. The lowest BCUT2D eigenvalue weighted by Crippen LogP contribution is -2.09. The molecule has 0 aromatic carbocycles. The summed E-state index contributed by atoms with van der Waals surface area (Å²) in [7, 11) is 0. The molecule has 0 aliphatic rings. The number of ether oxygens (including phenoxy) is 1. The normalized spacial score (nSPS) is 12.5. The molecule has 1 atom stereocenters. The molecule has 0 amide bonds. The molecule has 0 spiro atoms. The van der Waals surface area contributed by atoms with Crippen LogP contribution in [0.4, 0.5) is 0 Å². The molecule has 3 heteroatoms. The lowest BCUT2D eigenvalue weighted by Gasteiger charge is -2.10. The van der Waals surface area contributed by atoms with Crippen LogP contribution in [0.1, 0.15) is 39.5 Å². The molecule has 0 aromatic rings. The van der Waals surface area contributed by atoms with Gasteiger partial charge in [0.1, 0.15) is 0 Å². The lowest BCUT2D eigenvalue weighted by molar-refractivity contribution is -0.140. The second-order valence-electron chi connectivity index (χ2n) is 3.41. The largest absolute Gasteiger partial charge is 0.465 e. The maximum atomic E-state index is 10.7. The summed E-state index contributed by atoms with van der Waals surface area (Å²) in [5.41, 5.74) is 0. The van der Waals surface area contributed by atoms with Gasteiger partial charge in [-0.1, -0.05) is 33.1 Å². The number of carbonyl (C=O) groups is 1.